The minimum absolute atomic E-state index is 0.188. The average molecular weight is 199 g/mol. The molecule has 1 aliphatic rings. The van der Waals surface area contributed by atoms with E-state index in [0.717, 1.165) is 26.0 Å². The van der Waals surface area contributed by atoms with E-state index in [-0.39, 0.29) is 17.4 Å². The summed E-state index contributed by atoms with van der Waals surface area (Å²) in [4.78, 5) is 13.6. The van der Waals surface area contributed by atoms with Crippen molar-refractivity contribution in [1.29, 1.82) is 0 Å². The van der Waals surface area contributed by atoms with Crippen molar-refractivity contribution in [3.8, 4) is 0 Å². The second kappa shape index (κ2) is 4.30. The molecule has 82 valence electrons. The predicted molar refractivity (Wildman–Crippen MR) is 56.1 cm³/mol. The van der Waals surface area contributed by atoms with Crippen LogP contribution in [0.3, 0.4) is 0 Å². The molecule has 1 saturated heterocycles. The third-order valence-electron chi connectivity index (χ3n) is 2.49. The maximum absolute atomic E-state index is 11.8. The normalized spacial score (nSPS) is 22.4. The Morgan fingerprint density at radius 3 is 2.57 bits per heavy atom. The van der Waals surface area contributed by atoms with E-state index in [9.17, 15) is 4.79 Å². The highest BCUT2D eigenvalue weighted by atomic mass is 16.5. The standard InChI is InChI=1S/C11H21NO2/c1-11(2,3)10(13)12(4)8-9-6-5-7-14-9/h9H,5-8H2,1-4H3. The van der Waals surface area contributed by atoms with Gasteiger partial charge in [0, 0.05) is 25.6 Å². The Balaban J connectivity index is 2.41. The van der Waals surface area contributed by atoms with Crippen molar-refractivity contribution in [3.05, 3.63) is 0 Å². The number of hydrogen-bond acceptors (Lipinski definition) is 2. The summed E-state index contributed by atoms with van der Waals surface area (Å²) in [5, 5.41) is 0. The van der Waals surface area contributed by atoms with Gasteiger partial charge in [-0.2, -0.15) is 0 Å². The first-order valence-electron chi connectivity index (χ1n) is 5.28. The van der Waals surface area contributed by atoms with Crippen molar-refractivity contribution in [1.82, 2.24) is 4.90 Å². The summed E-state index contributed by atoms with van der Waals surface area (Å²) in [6.07, 6.45) is 2.47. The lowest BCUT2D eigenvalue weighted by Gasteiger charge is -2.27. The summed E-state index contributed by atoms with van der Waals surface area (Å²) >= 11 is 0. The lowest BCUT2D eigenvalue weighted by Crippen LogP contribution is -2.40. The molecule has 3 nitrogen and oxygen atoms in total. The molecule has 0 aromatic carbocycles. The molecule has 0 aromatic heterocycles. The third kappa shape index (κ3) is 2.98. The molecule has 1 unspecified atom stereocenters. The summed E-state index contributed by atoms with van der Waals surface area (Å²) in [7, 11) is 1.86. The Bertz CT molecular complexity index is 202. The van der Waals surface area contributed by atoms with Crippen LogP contribution in [0.5, 0.6) is 0 Å². The molecule has 1 fully saturated rings. The molecule has 0 spiro atoms. The first-order chi connectivity index (χ1) is 6.41. The highest BCUT2D eigenvalue weighted by Gasteiger charge is 2.27. The Labute approximate surface area is 86.4 Å². The minimum Gasteiger partial charge on any atom is -0.376 e. The molecule has 0 N–H and O–H groups in total. The zero-order valence-electron chi connectivity index (χ0n) is 9.67. The molecule has 1 heterocycles. The van der Waals surface area contributed by atoms with Gasteiger partial charge in [0.1, 0.15) is 0 Å². The second-order valence-electron chi connectivity index (χ2n) is 5.07. The van der Waals surface area contributed by atoms with Gasteiger partial charge >= 0.3 is 0 Å². The number of likely N-dealkylation sites (N-methyl/N-ethyl adjacent to an activating group) is 1. The van der Waals surface area contributed by atoms with E-state index in [2.05, 4.69) is 0 Å². The van der Waals surface area contributed by atoms with E-state index in [1.165, 1.54) is 0 Å². The molecule has 14 heavy (non-hydrogen) atoms. The maximum atomic E-state index is 11.8. The Kier molecular flexibility index (Phi) is 3.53. The molecule has 0 saturated carbocycles. The largest absolute Gasteiger partial charge is 0.376 e. The summed E-state index contributed by atoms with van der Waals surface area (Å²) in [6.45, 7) is 7.42. The molecule has 1 amide bonds. The lowest BCUT2D eigenvalue weighted by atomic mass is 9.95. The number of rotatable bonds is 2. The molecule has 1 atom stereocenters. The molecule has 3 heteroatoms. The van der Waals surface area contributed by atoms with Crippen LogP contribution >= 0.6 is 0 Å². The van der Waals surface area contributed by atoms with Crippen molar-refractivity contribution in [3.63, 3.8) is 0 Å². The fourth-order valence-corrected chi connectivity index (χ4v) is 1.75. The van der Waals surface area contributed by atoms with E-state index in [1.807, 2.05) is 27.8 Å². The van der Waals surface area contributed by atoms with E-state index < -0.39 is 0 Å². The number of carbonyl (C=O) groups is 1. The zero-order valence-corrected chi connectivity index (χ0v) is 9.67. The average Bonchev–Trinajstić information content (AvgIpc) is 2.53. The van der Waals surface area contributed by atoms with Crippen LogP contribution in [0.1, 0.15) is 33.6 Å². The van der Waals surface area contributed by atoms with Crippen LogP contribution in [-0.2, 0) is 9.53 Å². The van der Waals surface area contributed by atoms with Gasteiger partial charge in [-0.3, -0.25) is 4.79 Å². The zero-order chi connectivity index (χ0) is 10.8. The van der Waals surface area contributed by atoms with Crippen molar-refractivity contribution in [2.24, 2.45) is 5.41 Å². The molecular formula is C11H21NO2. The monoisotopic (exact) mass is 199 g/mol. The van der Waals surface area contributed by atoms with Gasteiger partial charge < -0.3 is 9.64 Å². The maximum Gasteiger partial charge on any atom is 0.227 e. The van der Waals surface area contributed by atoms with Crippen LogP contribution < -0.4 is 0 Å². The van der Waals surface area contributed by atoms with Gasteiger partial charge in [0.25, 0.3) is 0 Å². The third-order valence-corrected chi connectivity index (χ3v) is 2.49. The van der Waals surface area contributed by atoms with Crippen LogP contribution in [0.2, 0.25) is 0 Å². The van der Waals surface area contributed by atoms with Gasteiger partial charge in [-0.1, -0.05) is 20.8 Å². The first-order valence-corrected chi connectivity index (χ1v) is 5.28. The first kappa shape index (κ1) is 11.5. The molecule has 1 aliphatic heterocycles. The quantitative estimate of drug-likeness (QED) is 0.677. The molecule has 0 radical (unpaired) electrons. The van der Waals surface area contributed by atoms with Crippen LogP contribution in [0.25, 0.3) is 0 Å². The number of ether oxygens (including phenoxy) is 1. The van der Waals surface area contributed by atoms with Crippen LogP contribution in [-0.4, -0.2) is 37.1 Å². The van der Waals surface area contributed by atoms with Gasteiger partial charge in [-0.25, -0.2) is 0 Å². The molecule has 0 bridgehead atoms. The predicted octanol–water partition coefficient (Wildman–Crippen LogP) is 1.67. The number of amides is 1. The molecule has 1 rings (SSSR count). The Hall–Kier alpha value is -0.570. The lowest BCUT2D eigenvalue weighted by molar-refractivity contribution is -0.139. The van der Waals surface area contributed by atoms with Crippen molar-refractivity contribution in [2.75, 3.05) is 20.2 Å². The van der Waals surface area contributed by atoms with E-state index in [4.69, 9.17) is 4.74 Å². The van der Waals surface area contributed by atoms with Gasteiger partial charge in [-0.05, 0) is 12.8 Å². The Morgan fingerprint density at radius 1 is 1.50 bits per heavy atom. The van der Waals surface area contributed by atoms with Crippen LogP contribution in [0.15, 0.2) is 0 Å². The number of nitrogens with zero attached hydrogens (tertiary/aromatic N) is 1. The van der Waals surface area contributed by atoms with E-state index in [0.29, 0.717) is 0 Å². The van der Waals surface area contributed by atoms with Gasteiger partial charge in [-0.15, -0.1) is 0 Å². The highest BCUT2D eigenvalue weighted by molar-refractivity contribution is 5.81. The summed E-state index contributed by atoms with van der Waals surface area (Å²) in [6, 6.07) is 0. The van der Waals surface area contributed by atoms with E-state index in [1.54, 1.807) is 4.90 Å². The van der Waals surface area contributed by atoms with Crippen LogP contribution in [0, 0.1) is 5.41 Å². The SMILES string of the molecule is CN(CC1CCCO1)C(=O)C(C)(C)C. The summed E-state index contributed by atoms with van der Waals surface area (Å²) < 4.78 is 5.49. The van der Waals surface area contributed by atoms with Crippen molar-refractivity contribution < 1.29 is 9.53 Å². The van der Waals surface area contributed by atoms with Gasteiger partial charge in [0.15, 0.2) is 0 Å². The molecule has 0 aliphatic carbocycles. The summed E-state index contributed by atoms with van der Waals surface area (Å²) in [5.41, 5.74) is -0.284. The molecular weight excluding hydrogens is 178 g/mol. The molecule has 0 aromatic rings. The van der Waals surface area contributed by atoms with Gasteiger partial charge in [0.2, 0.25) is 5.91 Å². The fraction of sp³-hybridized carbons (Fsp3) is 0.909. The highest BCUT2D eigenvalue weighted by Crippen LogP contribution is 2.19. The fourth-order valence-electron chi connectivity index (χ4n) is 1.75. The number of hydrogen-bond donors (Lipinski definition) is 0. The van der Waals surface area contributed by atoms with Crippen molar-refractivity contribution in [2.45, 2.75) is 39.7 Å². The second-order valence-corrected chi connectivity index (χ2v) is 5.07. The topological polar surface area (TPSA) is 29.5 Å². The van der Waals surface area contributed by atoms with Gasteiger partial charge in [0.05, 0.1) is 6.10 Å². The van der Waals surface area contributed by atoms with E-state index >= 15 is 0 Å². The smallest absolute Gasteiger partial charge is 0.227 e. The van der Waals surface area contributed by atoms with Crippen LogP contribution in [0.4, 0.5) is 0 Å². The minimum atomic E-state index is -0.284. The summed E-state index contributed by atoms with van der Waals surface area (Å²) in [5.74, 6) is 0.188. The Morgan fingerprint density at radius 2 is 2.14 bits per heavy atom. The number of carbonyl (C=O) groups excluding carboxylic acids is 1. The van der Waals surface area contributed by atoms with Crippen molar-refractivity contribution >= 4 is 5.91 Å².